The smallest absolute Gasteiger partial charge is 0.264 e. The predicted octanol–water partition coefficient (Wildman–Crippen LogP) is 5.56. The molecule has 1 amide bonds. The molecule has 2 aromatic carbocycles. The van der Waals surface area contributed by atoms with Crippen molar-refractivity contribution in [1.82, 2.24) is 9.80 Å². The van der Waals surface area contributed by atoms with Crippen molar-refractivity contribution in [2.24, 2.45) is 0 Å². The number of thiophene rings is 1. The normalized spacial score (nSPS) is 14.6. The largest absolute Gasteiger partial charge is 0.489 e. The molecule has 1 aliphatic heterocycles. The zero-order chi connectivity index (χ0) is 21.8. The standard InChI is InChI=1S/C25H27ClN2O2S/c1-18-6-7-19(2)23(12-18)30-16-21-14-24(31-17-21)25(29)28-10-8-27(9-11-28)15-20-4-3-5-22(26)13-20/h3-7,12-14,17H,8-11,15-16H2,1-2H3. The molecule has 1 saturated heterocycles. The summed E-state index contributed by atoms with van der Waals surface area (Å²) in [5.74, 6) is 1.01. The SMILES string of the molecule is Cc1ccc(C)c(OCc2csc(C(=O)N3CCN(Cc4cccc(Cl)c4)CC3)c2)c1. The first-order chi connectivity index (χ1) is 15.0. The number of nitrogens with zero attached hydrogens (tertiary/aromatic N) is 2. The summed E-state index contributed by atoms with van der Waals surface area (Å²) in [6.07, 6.45) is 0. The van der Waals surface area contributed by atoms with Gasteiger partial charge in [0.2, 0.25) is 0 Å². The molecular formula is C25H27ClN2O2S. The molecule has 0 bridgehead atoms. The van der Waals surface area contributed by atoms with Gasteiger partial charge >= 0.3 is 0 Å². The quantitative estimate of drug-likeness (QED) is 0.489. The van der Waals surface area contributed by atoms with Crippen molar-refractivity contribution >= 4 is 28.8 Å². The Morgan fingerprint density at radius 1 is 1.03 bits per heavy atom. The molecule has 0 spiro atoms. The first-order valence-electron chi connectivity index (χ1n) is 10.5. The Hall–Kier alpha value is -2.34. The summed E-state index contributed by atoms with van der Waals surface area (Å²) in [5, 5.41) is 2.79. The summed E-state index contributed by atoms with van der Waals surface area (Å²) in [7, 11) is 0. The van der Waals surface area contributed by atoms with Gasteiger partial charge in [-0.25, -0.2) is 0 Å². The Labute approximate surface area is 193 Å². The van der Waals surface area contributed by atoms with Crippen LogP contribution in [-0.4, -0.2) is 41.9 Å². The number of halogens is 1. The fourth-order valence-corrected chi connectivity index (χ4v) is 4.82. The number of aryl methyl sites for hydroxylation is 2. The first kappa shape index (κ1) is 21.9. The summed E-state index contributed by atoms with van der Waals surface area (Å²) < 4.78 is 5.99. The summed E-state index contributed by atoms with van der Waals surface area (Å²) in [5.41, 5.74) is 4.54. The van der Waals surface area contributed by atoms with Gasteiger partial charge in [-0.15, -0.1) is 11.3 Å². The van der Waals surface area contributed by atoms with Crippen molar-refractivity contribution in [1.29, 1.82) is 0 Å². The molecule has 1 aliphatic rings. The highest BCUT2D eigenvalue weighted by molar-refractivity contribution is 7.12. The van der Waals surface area contributed by atoms with Gasteiger partial charge in [0.05, 0.1) is 4.88 Å². The highest BCUT2D eigenvalue weighted by Crippen LogP contribution is 2.23. The molecule has 0 atom stereocenters. The summed E-state index contributed by atoms with van der Waals surface area (Å²) in [6.45, 7) is 8.66. The van der Waals surface area contributed by atoms with Crippen LogP contribution >= 0.6 is 22.9 Å². The van der Waals surface area contributed by atoms with Gasteiger partial charge < -0.3 is 9.64 Å². The molecule has 0 aliphatic carbocycles. The van der Waals surface area contributed by atoms with E-state index < -0.39 is 0 Å². The fraction of sp³-hybridized carbons (Fsp3) is 0.320. The predicted molar refractivity (Wildman–Crippen MR) is 127 cm³/mol. The zero-order valence-electron chi connectivity index (χ0n) is 17.9. The van der Waals surface area contributed by atoms with Crippen molar-refractivity contribution in [3.8, 4) is 5.75 Å². The van der Waals surface area contributed by atoms with Crippen LogP contribution in [0.2, 0.25) is 5.02 Å². The molecule has 3 aromatic rings. The van der Waals surface area contributed by atoms with Crippen LogP contribution in [0.25, 0.3) is 0 Å². The highest BCUT2D eigenvalue weighted by Gasteiger charge is 2.23. The van der Waals surface area contributed by atoms with Crippen molar-refractivity contribution in [2.45, 2.75) is 27.0 Å². The molecule has 0 radical (unpaired) electrons. The van der Waals surface area contributed by atoms with Gasteiger partial charge in [0.1, 0.15) is 12.4 Å². The molecule has 0 unspecified atom stereocenters. The molecule has 162 valence electrons. The van der Waals surface area contributed by atoms with Crippen LogP contribution in [0.3, 0.4) is 0 Å². The van der Waals surface area contributed by atoms with Crippen LogP contribution in [0.1, 0.15) is 31.9 Å². The molecular weight excluding hydrogens is 428 g/mol. The number of amides is 1. The fourth-order valence-electron chi connectivity index (χ4n) is 3.75. The maximum atomic E-state index is 13.0. The number of piperazine rings is 1. The topological polar surface area (TPSA) is 32.8 Å². The Morgan fingerprint density at radius 3 is 2.61 bits per heavy atom. The molecule has 2 heterocycles. The van der Waals surface area contributed by atoms with E-state index in [4.69, 9.17) is 16.3 Å². The monoisotopic (exact) mass is 454 g/mol. The van der Waals surface area contributed by atoms with E-state index in [0.717, 1.165) is 59.5 Å². The lowest BCUT2D eigenvalue weighted by molar-refractivity contribution is 0.0633. The third-order valence-electron chi connectivity index (χ3n) is 5.56. The molecule has 4 rings (SSSR count). The zero-order valence-corrected chi connectivity index (χ0v) is 19.5. The Kier molecular flexibility index (Phi) is 6.96. The molecule has 1 fully saturated rings. The lowest BCUT2D eigenvalue weighted by atomic mass is 10.1. The number of ether oxygens (including phenoxy) is 1. The second kappa shape index (κ2) is 9.86. The second-order valence-electron chi connectivity index (χ2n) is 8.08. The lowest BCUT2D eigenvalue weighted by Gasteiger charge is -2.34. The highest BCUT2D eigenvalue weighted by atomic mass is 35.5. The van der Waals surface area contributed by atoms with Gasteiger partial charge in [-0.3, -0.25) is 9.69 Å². The second-order valence-corrected chi connectivity index (χ2v) is 9.42. The molecule has 0 saturated carbocycles. The minimum Gasteiger partial charge on any atom is -0.489 e. The van der Waals surface area contributed by atoms with Gasteiger partial charge in [0.25, 0.3) is 5.91 Å². The van der Waals surface area contributed by atoms with E-state index in [1.54, 1.807) is 0 Å². The molecule has 6 heteroatoms. The molecule has 0 N–H and O–H groups in total. The van der Waals surface area contributed by atoms with E-state index in [2.05, 4.69) is 36.1 Å². The Morgan fingerprint density at radius 2 is 1.84 bits per heavy atom. The van der Waals surface area contributed by atoms with E-state index in [0.29, 0.717) is 6.61 Å². The van der Waals surface area contributed by atoms with Crippen molar-refractivity contribution in [2.75, 3.05) is 26.2 Å². The summed E-state index contributed by atoms with van der Waals surface area (Å²) in [4.78, 5) is 18.1. The van der Waals surface area contributed by atoms with E-state index in [-0.39, 0.29) is 5.91 Å². The number of hydrogen-bond donors (Lipinski definition) is 0. The minimum atomic E-state index is 0.116. The van der Waals surface area contributed by atoms with Crippen molar-refractivity contribution in [3.05, 3.63) is 86.1 Å². The number of rotatable bonds is 6. The van der Waals surface area contributed by atoms with Gasteiger partial charge in [-0.05, 0) is 60.2 Å². The molecule has 1 aromatic heterocycles. The lowest BCUT2D eigenvalue weighted by Crippen LogP contribution is -2.48. The maximum absolute atomic E-state index is 13.0. The van der Waals surface area contributed by atoms with Crippen molar-refractivity contribution in [3.63, 3.8) is 0 Å². The Bertz CT molecular complexity index is 1060. The van der Waals surface area contributed by atoms with Crippen molar-refractivity contribution < 1.29 is 9.53 Å². The number of benzene rings is 2. The van der Waals surface area contributed by atoms with E-state index in [9.17, 15) is 4.79 Å². The number of carbonyl (C=O) groups is 1. The average Bonchev–Trinajstić information content (AvgIpc) is 3.23. The minimum absolute atomic E-state index is 0.116. The van der Waals surface area contributed by atoms with E-state index in [1.165, 1.54) is 22.5 Å². The van der Waals surface area contributed by atoms with Crippen LogP contribution in [-0.2, 0) is 13.2 Å². The Balaban J connectivity index is 1.29. The molecule has 4 nitrogen and oxygen atoms in total. The van der Waals surface area contributed by atoms with Crippen LogP contribution in [0.4, 0.5) is 0 Å². The van der Waals surface area contributed by atoms with E-state index >= 15 is 0 Å². The number of carbonyl (C=O) groups excluding carboxylic acids is 1. The van der Waals surface area contributed by atoms with Crippen LogP contribution < -0.4 is 4.74 Å². The maximum Gasteiger partial charge on any atom is 0.264 e. The number of hydrogen-bond acceptors (Lipinski definition) is 4. The van der Waals surface area contributed by atoms with Gasteiger partial charge in [0.15, 0.2) is 0 Å². The van der Waals surface area contributed by atoms with E-state index in [1.807, 2.05) is 41.5 Å². The van der Waals surface area contributed by atoms with Gasteiger partial charge in [-0.2, -0.15) is 0 Å². The first-order valence-corrected chi connectivity index (χ1v) is 11.8. The van der Waals surface area contributed by atoms with Gasteiger partial charge in [-0.1, -0.05) is 35.9 Å². The van der Waals surface area contributed by atoms with Crippen LogP contribution in [0, 0.1) is 13.8 Å². The summed E-state index contributed by atoms with van der Waals surface area (Å²) >= 11 is 7.59. The summed E-state index contributed by atoms with van der Waals surface area (Å²) in [6, 6.07) is 16.1. The average molecular weight is 455 g/mol. The third-order valence-corrected chi connectivity index (χ3v) is 6.76. The molecule has 31 heavy (non-hydrogen) atoms. The van der Waals surface area contributed by atoms with Gasteiger partial charge in [0, 0.05) is 43.3 Å². The third kappa shape index (κ3) is 5.67. The van der Waals surface area contributed by atoms with Crippen LogP contribution in [0.15, 0.2) is 53.9 Å². The van der Waals surface area contributed by atoms with Crippen LogP contribution in [0.5, 0.6) is 5.75 Å².